The third kappa shape index (κ3) is 3.72. The summed E-state index contributed by atoms with van der Waals surface area (Å²) in [5.41, 5.74) is 0.867. The number of hydrogen-bond acceptors (Lipinski definition) is 0. The van der Waals surface area contributed by atoms with Crippen molar-refractivity contribution in [3.8, 4) is 11.8 Å². The minimum atomic E-state index is 0.359. The van der Waals surface area contributed by atoms with E-state index in [0.29, 0.717) is 16.0 Å². The predicted molar refractivity (Wildman–Crippen MR) is 58.2 cm³/mol. The fraction of sp³-hybridized carbons (Fsp3) is 0.273. The Morgan fingerprint density at radius 2 is 1.62 bits per heavy atom. The molecule has 0 amide bonds. The molecular weight excluding hydrogens is 203 g/mol. The Labute approximate surface area is 88.9 Å². The largest absolute Gasteiger partial charge is 0.0951 e. The number of benzene rings is 1. The van der Waals surface area contributed by atoms with E-state index in [0.717, 1.165) is 5.56 Å². The van der Waals surface area contributed by atoms with Crippen LogP contribution < -0.4 is 0 Å². The first-order valence-electron chi connectivity index (χ1n) is 4.05. The van der Waals surface area contributed by atoms with Crippen molar-refractivity contribution in [2.24, 2.45) is 5.92 Å². The number of halogens is 2. The molecule has 0 saturated carbocycles. The van der Waals surface area contributed by atoms with Gasteiger partial charge in [0.15, 0.2) is 0 Å². The zero-order valence-electron chi connectivity index (χ0n) is 7.57. The molecule has 0 aliphatic rings. The highest BCUT2D eigenvalue weighted by atomic mass is 35.5. The molecule has 0 aliphatic carbocycles. The van der Waals surface area contributed by atoms with E-state index in [4.69, 9.17) is 23.2 Å². The van der Waals surface area contributed by atoms with Gasteiger partial charge in [0.25, 0.3) is 0 Å². The lowest BCUT2D eigenvalue weighted by molar-refractivity contribution is 0.866. The van der Waals surface area contributed by atoms with Crippen LogP contribution in [0.1, 0.15) is 19.4 Å². The van der Waals surface area contributed by atoms with Crippen LogP contribution >= 0.6 is 23.2 Å². The maximum Gasteiger partial charge on any atom is 0.0433 e. The lowest BCUT2D eigenvalue weighted by atomic mass is 10.2. The zero-order valence-corrected chi connectivity index (χ0v) is 9.08. The Morgan fingerprint density at radius 3 is 2.08 bits per heavy atom. The second-order valence-electron chi connectivity index (χ2n) is 3.08. The summed E-state index contributed by atoms with van der Waals surface area (Å²) in [4.78, 5) is 0. The summed E-state index contributed by atoms with van der Waals surface area (Å²) < 4.78 is 0. The van der Waals surface area contributed by atoms with E-state index < -0.39 is 0 Å². The first-order chi connectivity index (χ1) is 6.08. The Kier molecular flexibility index (Phi) is 3.66. The highest BCUT2D eigenvalue weighted by Gasteiger charge is 1.94. The Morgan fingerprint density at radius 1 is 1.08 bits per heavy atom. The van der Waals surface area contributed by atoms with E-state index >= 15 is 0 Å². The van der Waals surface area contributed by atoms with Crippen LogP contribution in [0.25, 0.3) is 0 Å². The van der Waals surface area contributed by atoms with Crippen LogP contribution in [0.2, 0.25) is 10.0 Å². The molecule has 0 spiro atoms. The van der Waals surface area contributed by atoms with E-state index in [1.807, 2.05) is 26.0 Å². The van der Waals surface area contributed by atoms with Crippen molar-refractivity contribution >= 4 is 23.2 Å². The first kappa shape index (κ1) is 10.4. The van der Waals surface area contributed by atoms with Crippen LogP contribution in [0.4, 0.5) is 0 Å². The molecule has 1 aromatic rings. The second-order valence-corrected chi connectivity index (χ2v) is 3.96. The average molecular weight is 213 g/mol. The monoisotopic (exact) mass is 212 g/mol. The van der Waals surface area contributed by atoms with E-state index in [-0.39, 0.29) is 0 Å². The van der Waals surface area contributed by atoms with Crippen LogP contribution in [0.5, 0.6) is 0 Å². The normalized spacial score (nSPS) is 9.62. The first-order valence-corrected chi connectivity index (χ1v) is 4.81. The molecule has 1 aromatic carbocycles. The Hall–Kier alpha value is -0.640. The van der Waals surface area contributed by atoms with Crippen LogP contribution in [0.3, 0.4) is 0 Å². The molecule has 0 atom stereocenters. The summed E-state index contributed by atoms with van der Waals surface area (Å²) in [5.74, 6) is 6.41. The van der Waals surface area contributed by atoms with E-state index in [9.17, 15) is 0 Å². The molecule has 0 N–H and O–H groups in total. The second kappa shape index (κ2) is 4.56. The van der Waals surface area contributed by atoms with Gasteiger partial charge < -0.3 is 0 Å². The highest BCUT2D eigenvalue weighted by Crippen LogP contribution is 2.18. The Balaban J connectivity index is 2.98. The van der Waals surface area contributed by atoms with E-state index in [1.54, 1.807) is 6.07 Å². The maximum absolute atomic E-state index is 5.81. The van der Waals surface area contributed by atoms with Gasteiger partial charge in [-0.05, 0) is 18.2 Å². The van der Waals surface area contributed by atoms with Crippen molar-refractivity contribution in [2.75, 3.05) is 0 Å². The molecule has 0 nitrogen and oxygen atoms in total. The Bertz CT molecular complexity index is 336. The fourth-order valence-electron chi connectivity index (χ4n) is 0.854. The molecule has 0 fully saturated rings. The van der Waals surface area contributed by atoms with Gasteiger partial charge in [-0.2, -0.15) is 0 Å². The van der Waals surface area contributed by atoms with Crippen LogP contribution in [0, 0.1) is 17.8 Å². The van der Waals surface area contributed by atoms with Gasteiger partial charge in [-0.3, -0.25) is 0 Å². The molecule has 0 radical (unpaired) electrons. The van der Waals surface area contributed by atoms with Crippen molar-refractivity contribution in [1.82, 2.24) is 0 Å². The lowest BCUT2D eigenvalue weighted by Gasteiger charge is -1.95. The predicted octanol–water partition coefficient (Wildman–Crippen LogP) is 4.00. The number of hydrogen-bond donors (Lipinski definition) is 0. The van der Waals surface area contributed by atoms with Gasteiger partial charge in [-0.25, -0.2) is 0 Å². The summed E-state index contributed by atoms with van der Waals surface area (Å²) in [5, 5.41) is 1.25. The average Bonchev–Trinajstić information content (AvgIpc) is 1.99. The molecule has 68 valence electrons. The minimum absolute atomic E-state index is 0.359. The third-order valence-electron chi connectivity index (χ3n) is 1.37. The summed E-state index contributed by atoms with van der Waals surface area (Å²) in [6.07, 6.45) is 0. The van der Waals surface area contributed by atoms with Gasteiger partial charge in [-0.1, -0.05) is 48.9 Å². The van der Waals surface area contributed by atoms with E-state index in [1.165, 1.54) is 0 Å². The maximum atomic E-state index is 5.81. The van der Waals surface area contributed by atoms with Crippen LogP contribution in [-0.4, -0.2) is 0 Å². The van der Waals surface area contributed by atoms with Crippen molar-refractivity contribution < 1.29 is 0 Å². The van der Waals surface area contributed by atoms with Gasteiger partial charge in [-0.15, -0.1) is 0 Å². The molecule has 2 heteroatoms. The fourth-order valence-corrected chi connectivity index (χ4v) is 1.38. The quantitative estimate of drug-likeness (QED) is 0.571. The molecule has 0 unspecified atom stereocenters. The van der Waals surface area contributed by atoms with Gasteiger partial charge in [0.05, 0.1) is 0 Å². The van der Waals surface area contributed by atoms with E-state index in [2.05, 4.69) is 11.8 Å². The molecule has 0 bridgehead atoms. The van der Waals surface area contributed by atoms with Crippen LogP contribution in [-0.2, 0) is 0 Å². The lowest BCUT2D eigenvalue weighted by Crippen LogP contribution is -1.80. The summed E-state index contributed by atoms with van der Waals surface area (Å²) in [7, 11) is 0. The standard InChI is InChI=1S/C11H10Cl2/c1-8(2)3-4-9-5-10(12)7-11(13)6-9/h5-8H,1-2H3. The minimum Gasteiger partial charge on any atom is -0.0951 e. The van der Waals surface area contributed by atoms with Crippen molar-refractivity contribution in [1.29, 1.82) is 0 Å². The smallest absolute Gasteiger partial charge is 0.0433 e. The van der Waals surface area contributed by atoms with Gasteiger partial charge in [0.1, 0.15) is 0 Å². The SMILES string of the molecule is CC(C)C#Cc1cc(Cl)cc(Cl)c1. The van der Waals surface area contributed by atoms with Gasteiger partial charge in [0.2, 0.25) is 0 Å². The van der Waals surface area contributed by atoms with Crippen molar-refractivity contribution in [2.45, 2.75) is 13.8 Å². The van der Waals surface area contributed by atoms with Crippen molar-refractivity contribution in [3.63, 3.8) is 0 Å². The summed E-state index contributed by atoms with van der Waals surface area (Å²) in [6, 6.07) is 5.31. The van der Waals surface area contributed by atoms with Crippen molar-refractivity contribution in [3.05, 3.63) is 33.8 Å². The summed E-state index contributed by atoms with van der Waals surface area (Å²) >= 11 is 11.6. The molecule has 13 heavy (non-hydrogen) atoms. The zero-order chi connectivity index (χ0) is 9.84. The molecule has 0 aliphatic heterocycles. The third-order valence-corrected chi connectivity index (χ3v) is 1.80. The molecule has 0 aromatic heterocycles. The molecule has 0 saturated heterocycles. The van der Waals surface area contributed by atoms with Crippen LogP contribution in [0.15, 0.2) is 18.2 Å². The number of rotatable bonds is 0. The highest BCUT2D eigenvalue weighted by molar-refractivity contribution is 6.34. The topological polar surface area (TPSA) is 0 Å². The molecule has 0 heterocycles. The molecule has 1 rings (SSSR count). The van der Waals surface area contributed by atoms with Gasteiger partial charge >= 0.3 is 0 Å². The molecular formula is C11H10Cl2. The van der Waals surface area contributed by atoms with Gasteiger partial charge in [0, 0.05) is 21.5 Å². The summed E-state index contributed by atoms with van der Waals surface area (Å²) in [6.45, 7) is 4.08.